The van der Waals surface area contributed by atoms with E-state index in [1.807, 2.05) is 59.5 Å². The highest BCUT2D eigenvalue weighted by Gasteiger charge is 2.23. The number of aromatic nitrogens is 1. The highest BCUT2D eigenvalue weighted by Crippen LogP contribution is 2.48. The van der Waals surface area contributed by atoms with Crippen LogP contribution in [-0.2, 0) is 0 Å². The average Bonchev–Trinajstić information content (AvgIpc) is 3.82. The highest BCUT2D eigenvalue weighted by molar-refractivity contribution is 6.27. The Hall–Kier alpha value is -7.10. The molecule has 2 heterocycles. The SMILES string of the molecule is [2H]c1c([2H])c([2H])c2c([2H])cc(N(c3ccccc3)c3cc4oc5cccc(-c6cccc7c8ccccc8n(-c8ccccc8)c67)c5c4c4ccccc34)cc2c1[2H]. The van der Waals surface area contributed by atoms with Crippen molar-refractivity contribution in [3.63, 3.8) is 0 Å². The summed E-state index contributed by atoms with van der Waals surface area (Å²) in [5, 5.41) is 6.78. The lowest BCUT2D eigenvalue weighted by atomic mass is 9.94. The molecular weight excluding hydrogens is 645 g/mol. The number of fused-ring (bicyclic) bond motifs is 9. The maximum atomic E-state index is 9.07. The maximum absolute atomic E-state index is 9.07. The molecule has 0 fully saturated rings. The van der Waals surface area contributed by atoms with Crippen LogP contribution in [0.5, 0.6) is 0 Å². The summed E-state index contributed by atoms with van der Waals surface area (Å²) in [5.41, 5.74) is 9.17. The van der Waals surface area contributed by atoms with Gasteiger partial charge in [0, 0.05) is 55.6 Å². The van der Waals surface area contributed by atoms with Gasteiger partial charge in [-0.15, -0.1) is 0 Å². The van der Waals surface area contributed by atoms with Crippen molar-refractivity contribution in [2.45, 2.75) is 0 Å². The minimum Gasteiger partial charge on any atom is -0.456 e. The number of nitrogens with zero attached hydrogens (tertiary/aromatic N) is 2. The van der Waals surface area contributed by atoms with Crippen LogP contribution in [-0.4, -0.2) is 4.57 Å². The van der Waals surface area contributed by atoms with E-state index in [4.69, 9.17) is 11.3 Å². The molecule has 248 valence electrons. The number of hydrogen-bond acceptors (Lipinski definition) is 2. The van der Waals surface area contributed by atoms with Gasteiger partial charge in [-0.2, -0.15) is 0 Å². The molecule has 0 saturated carbocycles. The van der Waals surface area contributed by atoms with E-state index in [1.165, 1.54) is 10.8 Å². The Kier molecular flexibility index (Phi) is 5.52. The molecule has 0 aliphatic heterocycles. The van der Waals surface area contributed by atoms with E-state index in [9.17, 15) is 0 Å². The predicted octanol–water partition coefficient (Wildman–Crippen LogP) is 14.1. The molecule has 0 aliphatic carbocycles. The Balaban J connectivity index is 1.22. The van der Waals surface area contributed by atoms with E-state index in [2.05, 4.69) is 102 Å². The Bertz CT molecular complexity index is 3470. The summed E-state index contributed by atoms with van der Waals surface area (Å²) in [6, 6.07) is 54.5. The lowest BCUT2D eigenvalue weighted by molar-refractivity contribution is 0.669. The van der Waals surface area contributed by atoms with Crippen molar-refractivity contribution >= 4 is 82.4 Å². The zero-order valence-corrected chi connectivity index (χ0v) is 28.4. The molecule has 3 nitrogen and oxygen atoms in total. The van der Waals surface area contributed by atoms with E-state index in [-0.39, 0.29) is 41.0 Å². The molecule has 2 aromatic heterocycles. The topological polar surface area (TPSA) is 21.3 Å². The second-order valence-corrected chi connectivity index (χ2v) is 13.3. The Morgan fingerprint density at radius 1 is 0.472 bits per heavy atom. The maximum Gasteiger partial charge on any atom is 0.138 e. The first-order valence-corrected chi connectivity index (χ1v) is 17.7. The Morgan fingerprint density at radius 3 is 2.00 bits per heavy atom. The molecule has 11 rings (SSSR count). The molecule has 0 unspecified atom stereocenters. The minimum atomic E-state index is -0.350. The van der Waals surface area contributed by atoms with Gasteiger partial charge in [0.25, 0.3) is 0 Å². The van der Waals surface area contributed by atoms with Crippen LogP contribution in [0.4, 0.5) is 17.1 Å². The Morgan fingerprint density at radius 2 is 1.15 bits per heavy atom. The standard InChI is InChI=1S/C50H32N2O/c1-3-17-35(18-4-1)51(37-30-29-33-15-7-8-16-34(33)31-37)45-32-47-49(40-23-10-9-21-38(40)45)48-41(24-14-28-46(48)53-47)43-26-13-25-42-39-22-11-12-27-44(39)52(50(42)43)36-19-5-2-6-20-36/h1-32H/i7D,8D,15D,16D,29D. The summed E-state index contributed by atoms with van der Waals surface area (Å²) in [7, 11) is 0. The van der Waals surface area contributed by atoms with Gasteiger partial charge in [-0.1, -0.05) is 139 Å². The van der Waals surface area contributed by atoms with Gasteiger partial charge < -0.3 is 13.9 Å². The number of anilines is 3. The first-order valence-electron chi connectivity index (χ1n) is 20.2. The van der Waals surface area contributed by atoms with E-state index in [0.29, 0.717) is 11.3 Å². The second kappa shape index (κ2) is 11.7. The van der Waals surface area contributed by atoms with Crippen molar-refractivity contribution in [1.82, 2.24) is 4.57 Å². The third-order valence-electron chi connectivity index (χ3n) is 10.4. The van der Waals surface area contributed by atoms with Crippen LogP contribution in [0.1, 0.15) is 6.85 Å². The normalized spacial score (nSPS) is 13.1. The van der Waals surface area contributed by atoms with Crippen molar-refractivity contribution in [1.29, 1.82) is 0 Å². The summed E-state index contributed by atoms with van der Waals surface area (Å²) in [4.78, 5) is 2.05. The fourth-order valence-electron chi connectivity index (χ4n) is 8.17. The molecule has 0 N–H and O–H groups in total. The second-order valence-electron chi connectivity index (χ2n) is 13.3. The largest absolute Gasteiger partial charge is 0.456 e. The van der Waals surface area contributed by atoms with Gasteiger partial charge in [0.15, 0.2) is 0 Å². The van der Waals surface area contributed by atoms with Crippen molar-refractivity contribution in [2.75, 3.05) is 4.90 Å². The monoisotopic (exact) mass is 681 g/mol. The Labute approximate surface area is 313 Å². The van der Waals surface area contributed by atoms with Crippen molar-refractivity contribution in [2.24, 2.45) is 0 Å². The minimum absolute atomic E-state index is 0.0151. The lowest BCUT2D eigenvalue weighted by Gasteiger charge is -2.27. The summed E-state index contributed by atoms with van der Waals surface area (Å²) in [6.45, 7) is 0. The highest BCUT2D eigenvalue weighted by atomic mass is 16.3. The van der Waals surface area contributed by atoms with E-state index >= 15 is 0 Å². The first-order chi connectivity index (χ1) is 28.4. The third-order valence-corrected chi connectivity index (χ3v) is 10.4. The smallest absolute Gasteiger partial charge is 0.138 e. The number of benzene rings is 9. The molecule has 0 saturated heterocycles. The summed E-state index contributed by atoms with van der Waals surface area (Å²) in [6.07, 6.45) is 0. The van der Waals surface area contributed by atoms with Gasteiger partial charge in [-0.25, -0.2) is 0 Å². The molecule has 3 heteroatoms. The van der Waals surface area contributed by atoms with Crippen LogP contribution in [0.25, 0.3) is 82.1 Å². The van der Waals surface area contributed by atoms with Crippen LogP contribution in [0, 0.1) is 0 Å². The van der Waals surface area contributed by atoms with Crippen LogP contribution in [0.15, 0.2) is 198 Å². The fraction of sp³-hybridized carbons (Fsp3) is 0. The summed E-state index contributed by atoms with van der Waals surface area (Å²) >= 11 is 0. The van der Waals surface area contributed by atoms with Gasteiger partial charge >= 0.3 is 0 Å². The van der Waals surface area contributed by atoms with E-state index < -0.39 is 0 Å². The number of rotatable bonds is 5. The van der Waals surface area contributed by atoms with Gasteiger partial charge in [-0.3, -0.25) is 0 Å². The lowest BCUT2D eigenvalue weighted by Crippen LogP contribution is -2.10. The fourth-order valence-corrected chi connectivity index (χ4v) is 8.17. The molecule has 0 atom stereocenters. The molecular formula is C50H32N2O. The molecule has 9 aromatic carbocycles. The van der Waals surface area contributed by atoms with Crippen LogP contribution < -0.4 is 4.90 Å². The molecule has 0 bridgehead atoms. The molecule has 0 aliphatic rings. The molecule has 0 amide bonds. The van der Waals surface area contributed by atoms with Crippen molar-refractivity contribution in [3.05, 3.63) is 194 Å². The quantitative estimate of drug-likeness (QED) is 0.180. The van der Waals surface area contributed by atoms with Crippen molar-refractivity contribution < 1.29 is 11.3 Å². The van der Waals surface area contributed by atoms with E-state index in [1.54, 1.807) is 12.1 Å². The molecule has 53 heavy (non-hydrogen) atoms. The third kappa shape index (κ3) is 4.54. The van der Waals surface area contributed by atoms with Crippen LogP contribution >= 0.6 is 0 Å². The van der Waals surface area contributed by atoms with Crippen LogP contribution in [0.2, 0.25) is 0 Å². The first kappa shape index (κ1) is 25.0. The summed E-state index contributed by atoms with van der Waals surface area (Å²) < 4.78 is 52.4. The van der Waals surface area contributed by atoms with Crippen LogP contribution in [0.3, 0.4) is 0 Å². The van der Waals surface area contributed by atoms with Gasteiger partial charge in [-0.05, 0) is 70.3 Å². The van der Waals surface area contributed by atoms with Crippen molar-refractivity contribution in [3.8, 4) is 16.8 Å². The number of hydrogen-bond donors (Lipinski definition) is 0. The van der Waals surface area contributed by atoms with Gasteiger partial charge in [0.1, 0.15) is 11.2 Å². The van der Waals surface area contributed by atoms with Gasteiger partial charge in [0.05, 0.1) is 23.6 Å². The zero-order chi connectivity index (χ0) is 39.2. The van der Waals surface area contributed by atoms with E-state index in [0.717, 1.165) is 66.4 Å². The average molecular weight is 682 g/mol. The number of furan rings is 1. The molecule has 0 spiro atoms. The number of para-hydroxylation sites is 4. The molecule has 11 aromatic rings. The molecule has 0 radical (unpaired) electrons. The zero-order valence-electron chi connectivity index (χ0n) is 33.4. The summed E-state index contributed by atoms with van der Waals surface area (Å²) in [5.74, 6) is 0. The predicted molar refractivity (Wildman–Crippen MR) is 223 cm³/mol. The van der Waals surface area contributed by atoms with Gasteiger partial charge in [0.2, 0.25) is 0 Å².